The fourth-order valence-electron chi connectivity index (χ4n) is 3.30. The molecule has 146 valence electrons. The third-order valence-electron chi connectivity index (χ3n) is 4.50. The number of ether oxygens (including phenoxy) is 1. The first-order valence-corrected chi connectivity index (χ1v) is 8.89. The van der Waals surface area contributed by atoms with Gasteiger partial charge in [0.25, 0.3) is 5.56 Å². The standard InChI is InChI=1S/C18H23N3O6/c1-18(2,3)27-17(25)21-6-4-10(5-7-21)8-11-9-12(22)26-15-13(11)14(23)19-16(24)20-15/h9-10H,4-8H2,1-3H3,(H2,19,20,23,24). The molecule has 1 fully saturated rings. The highest BCUT2D eigenvalue weighted by molar-refractivity contribution is 5.75. The molecule has 3 heterocycles. The lowest BCUT2D eigenvalue weighted by Crippen LogP contribution is -2.42. The van der Waals surface area contributed by atoms with E-state index in [2.05, 4.69) is 9.97 Å². The number of piperidine rings is 1. The Kier molecular flexibility index (Phi) is 4.95. The average molecular weight is 377 g/mol. The van der Waals surface area contributed by atoms with Gasteiger partial charge in [0.15, 0.2) is 0 Å². The lowest BCUT2D eigenvalue weighted by atomic mass is 9.90. The quantitative estimate of drug-likeness (QED) is 0.814. The molecule has 0 bridgehead atoms. The van der Waals surface area contributed by atoms with Crippen molar-refractivity contribution in [1.82, 2.24) is 14.9 Å². The van der Waals surface area contributed by atoms with Crippen LogP contribution >= 0.6 is 0 Å². The van der Waals surface area contributed by atoms with Crippen LogP contribution in [0.4, 0.5) is 4.79 Å². The third kappa shape index (κ3) is 4.47. The van der Waals surface area contributed by atoms with E-state index in [1.165, 1.54) is 6.07 Å². The summed E-state index contributed by atoms with van der Waals surface area (Å²) >= 11 is 0. The third-order valence-corrected chi connectivity index (χ3v) is 4.50. The molecule has 0 aliphatic carbocycles. The Morgan fingerprint density at radius 1 is 1.22 bits per heavy atom. The summed E-state index contributed by atoms with van der Waals surface area (Å²) in [5.74, 6) is 0.194. The largest absolute Gasteiger partial charge is 0.444 e. The maximum atomic E-state index is 12.1. The van der Waals surface area contributed by atoms with Gasteiger partial charge in [0.1, 0.15) is 11.0 Å². The first-order valence-electron chi connectivity index (χ1n) is 8.89. The number of rotatable bonds is 2. The summed E-state index contributed by atoms with van der Waals surface area (Å²) in [6.07, 6.45) is 1.60. The molecule has 0 saturated carbocycles. The lowest BCUT2D eigenvalue weighted by Gasteiger charge is -2.33. The van der Waals surface area contributed by atoms with E-state index in [1.807, 2.05) is 20.8 Å². The van der Waals surface area contributed by atoms with Crippen LogP contribution in [-0.2, 0) is 11.2 Å². The van der Waals surface area contributed by atoms with E-state index in [0.717, 1.165) is 12.8 Å². The van der Waals surface area contributed by atoms with Gasteiger partial charge in [-0.1, -0.05) is 0 Å². The van der Waals surface area contributed by atoms with E-state index in [4.69, 9.17) is 9.15 Å². The summed E-state index contributed by atoms with van der Waals surface area (Å²) in [6, 6.07) is 1.29. The summed E-state index contributed by atoms with van der Waals surface area (Å²) in [5.41, 5.74) is -2.04. The van der Waals surface area contributed by atoms with Crippen LogP contribution in [0.25, 0.3) is 11.1 Å². The van der Waals surface area contributed by atoms with Gasteiger partial charge in [0, 0.05) is 19.2 Å². The van der Waals surface area contributed by atoms with Crippen molar-refractivity contribution in [3.63, 3.8) is 0 Å². The zero-order valence-electron chi connectivity index (χ0n) is 15.6. The fraction of sp³-hybridized carbons (Fsp3) is 0.556. The number of hydrogen-bond donors (Lipinski definition) is 2. The number of carbonyl (C=O) groups is 1. The van der Waals surface area contributed by atoms with Crippen molar-refractivity contribution in [3.05, 3.63) is 42.9 Å². The monoisotopic (exact) mass is 377 g/mol. The molecular weight excluding hydrogens is 354 g/mol. The molecular formula is C18H23N3O6. The van der Waals surface area contributed by atoms with Crippen LogP contribution in [-0.4, -0.2) is 39.7 Å². The number of carbonyl (C=O) groups excluding carboxylic acids is 1. The molecule has 0 unspecified atom stereocenters. The van der Waals surface area contributed by atoms with Crippen LogP contribution in [0.1, 0.15) is 39.2 Å². The first kappa shape index (κ1) is 18.9. The number of aromatic amines is 2. The highest BCUT2D eigenvalue weighted by Crippen LogP contribution is 2.24. The molecule has 3 rings (SSSR count). The number of likely N-dealkylation sites (tertiary alicyclic amines) is 1. The Morgan fingerprint density at radius 3 is 2.52 bits per heavy atom. The van der Waals surface area contributed by atoms with Crippen molar-refractivity contribution in [3.8, 4) is 0 Å². The second-order valence-electron chi connectivity index (χ2n) is 7.82. The van der Waals surface area contributed by atoms with E-state index in [1.54, 1.807) is 4.90 Å². The molecule has 0 spiro atoms. The molecule has 2 N–H and O–H groups in total. The Hall–Kier alpha value is -2.84. The van der Waals surface area contributed by atoms with Crippen molar-refractivity contribution in [2.45, 2.75) is 45.6 Å². The molecule has 0 atom stereocenters. The van der Waals surface area contributed by atoms with Crippen LogP contribution in [0.3, 0.4) is 0 Å². The van der Waals surface area contributed by atoms with Gasteiger partial charge in [-0.15, -0.1) is 0 Å². The van der Waals surface area contributed by atoms with Crippen molar-refractivity contribution < 1.29 is 13.9 Å². The van der Waals surface area contributed by atoms with Gasteiger partial charge in [0.05, 0.1) is 0 Å². The molecule has 0 aromatic carbocycles. The molecule has 2 aromatic heterocycles. The van der Waals surface area contributed by atoms with E-state index >= 15 is 0 Å². The molecule has 0 radical (unpaired) electrons. The Labute approximate surface area is 154 Å². The van der Waals surface area contributed by atoms with Gasteiger partial charge >= 0.3 is 17.4 Å². The van der Waals surface area contributed by atoms with Crippen LogP contribution < -0.4 is 16.9 Å². The SMILES string of the molecule is CC(C)(C)OC(=O)N1CCC(Cc2cc(=O)oc3[nH]c(=O)[nH]c(=O)c23)CC1. The second kappa shape index (κ2) is 7.05. The number of fused-ring (bicyclic) bond motifs is 1. The van der Waals surface area contributed by atoms with Gasteiger partial charge in [-0.25, -0.2) is 14.4 Å². The van der Waals surface area contributed by atoms with Gasteiger partial charge in [0.2, 0.25) is 5.71 Å². The van der Waals surface area contributed by atoms with Crippen LogP contribution in [0, 0.1) is 5.92 Å². The van der Waals surface area contributed by atoms with Gasteiger partial charge in [-0.05, 0) is 51.5 Å². The maximum Gasteiger partial charge on any atom is 0.410 e. The van der Waals surface area contributed by atoms with Crippen molar-refractivity contribution in [2.75, 3.05) is 13.1 Å². The highest BCUT2D eigenvalue weighted by Gasteiger charge is 2.27. The smallest absolute Gasteiger partial charge is 0.410 e. The van der Waals surface area contributed by atoms with Gasteiger partial charge < -0.3 is 14.1 Å². The molecule has 1 aliphatic heterocycles. The summed E-state index contributed by atoms with van der Waals surface area (Å²) in [5, 5.41) is 0.184. The van der Waals surface area contributed by atoms with E-state index < -0.39 is 22.5 Å². The predicted octanol–water partition coefficient (Wildman–Crippen LogP) is 1.36. The summed E-state index contributed by atoms with van der Waals surface area (Å²) in [4.78, 5) is 53.6. The van der Waals surface area contributed by atoms with Crippen LogP contribution in [0.5, 0.6) is 0 Å². The molecule has 2 aromatic rings. The minimum Gasteiger partial charge on any atom is -0.444 e. The normalized spacial score (nSPS) is 15.9. The summed E-state index contributed by atoms with van der Waals surface area (Å²) < 4.78 is 10.3. The molecule has 1 amide bonds. The van der Waals surface area contributed by atoms with Crippen molar-refractivity contribution in [2.24, 2.45) is 5.92 Å². The fourth-order valence-corrected chi connectivity index (χ4v) is 3.30. The topological polar surface area (TPSA) is 125 Å². The van der Waals surface area contributed by atoms with Gasteiger partial charge in [-0.2, -0.15) is 0 Å². The van der Waals surface area contributed by atoms with E-state index in [0.29, 0.717) is 25.1 Å². The number of H-pyrrole nitrogens is 2. The van der Waals surface area contributed by atoms with Crippen LogP contribution in [0.15, 0.2) is 24.9 Å². The number of nitrogens with one attached hydrogen (secondary N) is 2. The zero-order chi connectivity index (χ0) is 19.8. The van der Waals surface area contributed by atoms with Crippen molar-refractivity contribution >= 4 is 17.2 Å². The van der Waals surface area contributed by atoms with E-state index in [-0.39, 0.29) is 23.1 Å². The Morgan fingerprint density at radius 2 is 1.89 bits per heavy atom. The lowest BCUT2D eigenvalue weighted by molar-refractivity contribution is 0.0184. The average Bonchev–Trinajstić information content (AvgIpc) is 2.52. The van der Waals surface area contributed by atoms with Crippen LogP contribution in [0.2, 0.25) is 0 Å². The van der Waals surface area contributed by atoms with Gasteiger partial charge in [-0.3, -0.25) is 14.8 Å². The van der Waals surface area contributed by atoms with Crippen molar-refractivity contribution in [1.29, 1.82) is 0 Å². The molecule has 1 saturated heterocycles. The Bertz CT molecular complexity index is 1010. The minimum atomic E-state index is -0.724. The zero-order valence-corrected chi connectivity index (χ0v) is 15.6. The molecule has 1 aliphatic rings. The number of amides is 1. The summed E-state index contributed by atoms with van der Waals surface area (Å²) in [6.45, 7) is 6.57. The number of nitrogens with zero attached hydrogens (tertiary/aromatic N) is 1. The molecule has 27 heavy (non-hydrogen) atoms. The minimum absolute atomic E-state index is 0.113. The number of hydrogen-bond acceptors (Lipinski definition) is 6. The van der Waals surface area contributed by atoms with E-state index in [9.17, 15) is 19.2 Å². The number of aromatic nitrogens is 2. The first-order chi connectivity index (χ1) is 12.6. The molecule has 9 nitrogen and oxygen atoms in total. The second-order valence-corrected chi connectivity index (χ2v) is 7.82. The predicted molar refractivity (Wildman–Crippen MR) is 98.0 cm³/mol. The highest BCUT2D eigenvalue weighted by atomic mass is 16.6. The molecule has 9 heteroatoms. The summed E-state index contributed by atoms with van der Waals surface area (Å²) in [7, 11) is 0. The Balaban J connectivity index is 1.75. The maximum absolute atomic E-state index is 12.1.